The Morgan fingerprint density at radius 3 is 2.00 bits per heavy atom. The van der Waals surface area contributed by atoms with Gasteiger partial charge in [-0.2, -0.15) is 0 Å². The highest BCUT2D eigenvalue weighted by atomic mass is 16.4. The van der Waals surface area contributed by atoms with Crippen molar-refractivity contribution in [3.05, 3.63) is 29.8 Å². The number of nitrogens with one attached hydrogen (secondary N) is 4. The number of benzene rings is 1. The summed E-state index contributed by atoms with van der Waals surface area (Å²) in [6.07, 6.45) is -3.89. The Morgan fingerprint density at radius 2 is 1.43 bits per heavy atom. The number of β-amino-alcohol motifs (C(OH)–C–C–N with tert-alkyl or cyclic N) is 3. The van der Waals surface area contributed by atoms with Gasteiger partial charge in [0.2, 0.25) is 29.5 Å². The summed E-state index contributed by atoms with van der Waals surface area (Å²) in [4.78, 5) is 82.1. The predicted molar refractivity (Wildman–Crippen MR) is 184 cm³/mol. The lowest BCUT2D eigenvalue weighted by Crippen LogP contribution is -2.61. The Balaban J connectivity index is 1.49. The molecule has 0 bridgehead atoms. The number of nitrogens with two attached hydrogens (primary N) is 1. The van der Waals surface area contributed by atoms with E-state index in [1.54, 1.807) is 0 Å². The van der Waals surface area contributed by atoms with Crippen LogP contribution in [0.25, 0.3) is 0 Å². The van der Waals surface area contributed by atoms with E-state index >= 15 is 0 Å². The van der Waals surface area contributed by atoms with Crippen molar-refractivity contribution in [3.8, 4) is 5.75 Å². The molecule has 294 valence electrons. The standard InChI is InChI=1S/C34H51N7O12/c1-17(42)28(31(49)38-24(10-18-5-7-19(43)8-6-18)29(47)37-23(34(52)53)4-2-3-9-35)39-30(48)26-12-21(45)15-40(26)33(51)27-13-22(46)16-41(27)32(50)25-11-20(44)14-36-25/h5-8,17,20-28,36,42-46H,2-4,9-16,35H2,1H3,(H,37,47)(H,38,49)(H,39,48)(H,52,53)/t17-,20-,21-,22-,23+,24+,25+,26+,27+,28+/m1/s1. The van der Waals surface area contributed by atoms with Gasteiger partial charge in [0, 0.05) is 38.9 Å². The fourth-order valence-electron chi connectivity index (χ4n) is 6.91. The maximum Gasteiger partial charge on any atom is 0.326 e. The third-order valence-corrected chi connectivity index (χ3v) is 9.75. The molecule has 0 saturated carbocycles. The lowest BCUT2D eigenvalue weighted by atomic mass is 10.0. The molecule has 0 aromatic heterocycles. The van der Waals surface area contributed by atoms with Crippen LogP contribution in [0.2, 0.25) is 0 Å². The fraction of sp³-hybridized carbons (Fsp3) is 0.647. The van der Waals surface area contributed by atoms with Gasteiger partial charge in [0.05, 0.1) is 30.5 Å². The van der Waals surface area contributed by atoms with E-state index in [-0.39, 0.29) is 57.5 Å². The first-order valence-corrected chi connectivity index (χ1v) is 17.8. The number of amides is 5. The highest BCUT2D eigenvalue weighted by Gasteiger charge is 2.48. The number of hydrogen-bond donors (Lipinski definition) is 11. The van der Waals surface area contributed by atoms with Gasteiger partial charge in [-0.3, -0.25) is 24.0 Å². The van der Waals surface area contributed by atoms with Crippen LogP contribution in [-0.4, -0.2) is 163 Å². The van der Waals surface area contributed by atoms with Crippen LogP contribution < -0.4 is 27.0 Å². The molecular weight excluding hydrogens is 698 g/mol. The van der Waals surface area contributed by atoms with E-state index < -0.39 is 96.2 Å². The minimum Gasteiger partial charge on any atom is -0.508 e. The number of phenols is 1. The first kappa shape index (κ1) is 41.4. The number of aliphatic hydroxyl groups is 4. The van der Waals surface area contributed by atoms with Crippen LogP contribution in [0.15, 0.2) is 24.3 Å². The quantitative estimate of drug-likeness (QED) is 0.0712. The summed E-state index contributed by atoms with van der Waals surface area (Å²) in [5.74, 6) is -5.37. The molecule has 1 aromatic rings. The van der Waals surface area contributed by atoms with Crippen molar-refractivity contribution in [3.63, 3.8) is 0 Å². The number of carboxylic acids is 1. The average molecular weight is 750 g/mol. The van der Waals surface area contributed by atoms with Crippen molar-refractivity contribution in [2.24, 2.45) is 5.73 Å². The molecule has 3 aliphatic rings. The van der Waals surface area contributed by atoms with E-state index in [9.17, 15) is 59.4 Å². The number of aliphatic hydroxyl groups excluding tert-OH is 4. The summed E-state index contributed by atoms with van der Waals surface area (Å²) in [5.41, 5.74) is 5.99. The van der Waals surface area contributed by atoms with Crippen LogP contribution in [0.3, 0.4) is 0 Å². The Kier molecular flexibility index (Phi) is 14.5. The Morgan fingerprint density at radius 1 is 0.830 bits per heavy atom. The average Bonchev–Trinajstić information content (AvgIpc) is 3.84. The monoisotopic (exact) mass is 749 g/mol. The molecule has 5 amide bonds. The lowest BCUT2D eigenvalue weighted by Gasteiger charge is -2.32. The van der Waals surface area contributed by atoms with Gasteiger partial charge in [0.1, 0.15) is 36.0 Å². The number of nitrogens with zero attached hydrogens (tertiary/aromatic N) is 2. The number of aromatic hydroxyl groups is 1. The van der Waals surface area contributed by atoms with Crippen molar-refractivity contribution in [2.45, 2.75) is 113 Å². The molecule has 53 heavy (non-hydrogen) atoms. The summed E-state index contributed by atoms with van der Waals surface area (Å²) in [5, 5.41) is 71.0. The zero-order chi connectivity index (χ0) is 39.0. The number of carboxylic acid groups (broad SMARTS) is 1. The van der Waals surface area contributed by atoms with Crippen molar-refractivity contribution in [1.82, 2.24) is 31.1 Å². The molecule has 3 fully saturated rings. The summed E-state index contributed by atoms with van der Waals surface area (Å²) < 4.78 is 0. The van der Waals surface area contributed by atoms with Gasteiger partial charge in [-0.1, -0.05) is 12.1 Å². The van der Waals surface area contributed by atoms with Gasteiger partial charge in [-0.05, 0) is 56.8 Å². The third-order valence-electron chi connectivity index (χ3n) is 9.75. The second kappa shape index (κ2) is 18.6. The number of aliphatic carboxylic acids is 1. The molecule has 4 rings (SSSR count). The maximum atomic E-state index is 13.9. The minimum atomic E-state index is -1.68. The molecule has 1 aromatic carbocycles. The number of phenolic OH excluding ortho intramolecular Hbond substituents is 1. The number of carbonyl (C=O) groups is 6. The summed E-state index contributed by atoms with van der Waals surface area (Å²) in [6.45, 7) is 1.28. The van der Waals surface area contributed by atoms with Crippen LogP contribution in [0.5, 0.6) is 5.75 Å². The van der Waals surface area contributed by atoms with Gasteiger partial charge in [-0.25, -0.2) is 4.79 Å². The molecular formula is C34H51N7O12. The molecule has 12 N–H and O–H groups in total. The van der Waals surface area contributed by atoms with Crippen LogP contribution in [0.1, 0.15) is 51.0 Å². The van der Waals surface area contributed by atoms with Crippen molar-refractivity contribution < 1.29 is 59.4 Å². The molecule has 19 nitrogen and oxygen atoms in total. The van der Waals surface area contributed by atoms with E-state index in [1.165, 1.54) is 36.1 Å². The molecule has 3 heterocycles. The van der Waals surface area contributed by atoms with Crippen molar-refractivity contribution in [2.75, 3.05) is 26.2 Å². The van der Waals surface area contributed by atoms with Gasteiger partial charge >= 0.3 is 5.97 Å². The maximum absolute atomic E-state index is 13.9. The largest absolute Gasteiger partial charge is 0.508 e. The highest BCUT2D eigenvalue weighted by molar-refractivity contribution is 5.97. The SMILES string of the molecule is C[C@@H](O)[C@H](NC(=O)[C@@H]1C[C@@H](O)CN1C(=O)[C@@H]1C[C@@H](O)CN1C(=O)[C@@H]1C[C@@H](O)CN1)C(=O)N[C@@H](Cc1ccc(O)cc1)C(=O)N[C@@H](CCCCN)C(=O)O. The zero-order valence-corrected chi connectivity index (χ0v) is 29.5. The molecule has 10 atom stereocenters. The van der Waals surface area contributed by atoms with E-state index in [0.29, 0.717) is 24.9 Å². The number of hydrogen-bond acceptors (Lipinski definition) is 13. The van der Waals surface area contributed by atoms with Crippen molar-refractivity contribution >= 4 is 35.5 Å². The van der Waals surface area contributed by atoms with E-state index in [1.807, 2.05) is 0 Å². The number of likely N-dealkylation sites (tertiary alicyclic amines) is 2. The van der Waals surface area contributed by atoms with E-state index in [2.05, 4.69) is 21.3 Å². The summed E-state index contributed by atoms with van der Waals surface area (Å²) >= 11 is 0. The highest BCUT2D eigenvalue weighted by Crippen LogP contribution is 2.27. The van der Waals surface area contributed by atoms with Crippen molar-refractivity contribution in [1.29, 1.82) is 0 Å². The molecule has 0 spiro atoms. The zero-order valence-electron chi connectivity index (χ0n) is 29.5. The Hall–Kier alpha value is -4.40. The second-order valence-electron chi connectivity index (χ2n) is 14.0. The number of rotatable bonds is 16. The third kappa shape index (κ3) is 10.8. The number of unbranched alkanes of at least 4 members (excludes halogenated alkanes) is 1. The minimum absolute atomic E-state index is 0.0554. The Bertz CT molecular complexity index is 1480. The Labute approximate surface area is 305 Å². The second-order valence-corrected chi connectivity index (χ2v) is 14.0. The van der Waals surface area contributed by atoms with Crippen LogP contribution in [0, 0.1) is 0 Å². The van der Waals surface area contributed by atoms with Crippen LogP contribution >= 0.6 is 0 Å². The first-order chi connectivity index (χ1) is 25.1. The smallest absolute Gasteiger partial charge is 0.326 e. The molecule has 0 radical (unpaired) electrons. The fourth-order valence-corrected chi connectivity index (χ4v) is 6.91. The van der Waals surface area contributed by atoms with E-state index in [4.69, 9.17) is 5.73 Å². The van der Waals surface area contributed by atoms with E-state index in [0.717, 1.165) is 4.90 Å². The normalized spacial score (nSPS) is 26.4. The summed E-state index contributed by atoms with van der Waals surface area (Å²) in [6, 6.07) is -1.96. The van der Waals surface area contributed by atoms with Gasteiger partial charge in [0.25, 0.3) is 0 Å². The molecule has 0 aliphatic carbocycles. The van der Waals surface area contributed by atoms with Crippen LogP contribution in [-0.2, 0) is 35.2 Å². The molecule has 19 heteroatoms. The summed E-state index contributed by atoms with van der Waals surface area (Å²) in [7, 11) is 0. The van der Waals surface area contributed by atoms with Crippen LogP contribution in [0.4, 0.5) is 0 Å². The van der Waals surface area contributed by atoms with Gasteiger partial charge in [0.15, 0.2) is 0 Å². The molecule has 3 aliphatic heterocycles. The molecule has 3 saturated heterocycles. The van der Waals surface area contributed by atoms with Gasteiger partial charge in [-0.15, -0.1) is 0 Å². The molecule has 0 unspecified atom stereocenters. The van der Waals surface area contributed by atoms with Gasteiger partial charge < -0.3 is 67.4 Å². The predicted octanol–water partition coefficient (Wildman–Crippen LogP) is -4.37. The first-order valence-electron chi connectivity index (χ1n) is 17.8. The lowest BCUT2D eigenvalue weighted by molar-refractivity contribution is -0.148. The number of carbonyl (C=O) groups excluding carboxylic acids is 5. The topological polar surface area (TPSA) is 304 Å².